The number of alkyl halides is 3. The molecule has 0 aliphatic rings. The van der Waals surface area contributed by atoms with E-state index in [1.807, 2.05) is 0 Å². The Kier molecular flexibility index (Phi) is 4.25. The molecule has 1 aromatic heterocycles. The summed E-state index contributed by atoms with van der Waals surface area (Å²) in [6, 6.07) is 8.13. The van der Waals surface area contributed by atoms with Crippen LogP contribution < -0.4 is 0 Å². The summed E-state index contributed by atoms with van der Waals surface area (Å²) >= 11 is 0. The molecule has 112 valence electrons. The van der Waals surface area contributed by atoms with E-state index in [-0.39, 0.29) is 6.61 Å². The molecule has 1 aromatic carbocycles. The van der Waals surface area contributed by atoms with E-state index in [9.17, 15) is 18.0 Å². The smallest absolute Gasteiger partial charge is 0.455 e. The molecule has 0 saturated carbocycles. The number of benzene rings is 1. The Hall–Kier alpha value is -2.38. The van der Waals surface area contributed by atoms with Crippen molar-refractivity contribution >= 4 is 5.97 Å². The Morgan fingerprint density at radius 1 is 1.33 bits per heavy atom. The Morgan fingerprint density at radius 3 is 2.52 bits per heavy atom. The van der Waals surface area contributed by atoms with E-state index in [1.54, 1.807) is 37.3 Å². The first kappa shape index (κ1) is 15.0. The Bertz CT molecular complexity index is 611. The number of rotatable bonds is 4. The number of hydrogen-bond acceptors (Lipinski definition) is 5. The number of esters is 1. The molecule has 0 radical (unpaired) electrons. The second kappa shape index (κ2) is 5.94. The molecule has 0 aliphatic heterocycles. The van der Waals surface area contributed by atoms with Crippen LogP contribution in [0.4, 0.5) is 13.2 Å². The molecule has 0 saturated heterocycles. The molecule has 8 heteroatoms. The topological polar surface area (TPSA) is 65.2 Å². The summed E-state index contributed by atoms with van der Waals surface area (Å²) < 4.78 is 47.0. The van der Waals surface area contributed by atoms with Crippen molar-refractivity contribution in [2.45, 2.75) is 19.0 Å². The highest BCUT2D eigenvalue weighted by molar-refractivity contribution is 5.80. The van der Waals surface area contributed by atoms with E-state index in [4.69, 9.17) is 4.74 Å². The van der Waals surface area contributed by atoms with E-state index in [2.05, 4.69) is 14.7 Å². The van der Waals surface area contributed by atoms with Gasteiger partial charge < -0.3 is 9.26 Å². The molecule has 1 heterocycles. The van der Waals surface area contributed by atoms with E-state index >= 15 is 0 Å². The van der Waals surface area contributed by atoms with Gasteiger partial charge in [0.2, 0.25) is 5.89 Å². The monoisotopic (exact) mass is 300 g/mol. The lowest BCUT2D eigenvalue weighted by atomic mass is 9.99. The number of halogens is 3. The zero-order chi connectivity index (χ0) is 15.5. The fraction of sp³-hybridized carbons (Fsp3) is 0.308. The van der Waals surface area contributed by atoms with Crippen LogP contribution in [0, 0.1) is 0 Å². The van der Waals surface area contributed by atoms with Crippen molar-refractivity contribution in [1.29, 1.82) is 0 Å². The predicted octanol–water partition coefficient (Wildman–Crippen LogP) is 2.78. The zero-order valence-electron chi connectivity index (χ0n) is 10.9. The summed E-state index contributed by atoms with van der Waals surface area (Å²) in [5, 5.41) is 2.86. The van der Waals surface area contributed by atoms with Crippen LogP contribution in [0.3, 0.4) is 0 Å². The Morgan fingerprint density at radius 2 is 2.00 bits per heavy atom. The lowest BCUT2D eigenvalue weighted by Crippen LogP contribution is -2.18. The normalized spacial score (nSPS) is 13.0. The van der Waals surface area contributed by atoms with E-state index in [1.165, 1.54) is 0 Å². The average Bonchev–Trinajstić information content (AvgIpc) is 2.90. The first-order valence-electron chi connectivity index (χ1n) is 6.06. The van der Waals surface area contributed by atoms with Crippen molar-refractivity contribution in [3.05, 3.63) is 47.6 Å². The molecule has 1 atom stereocenters. The molecule has 0 fully saturated rings. The fourth-order valence-corrected chi connectivity index (χ4v) is 1.72. The minimum absolute atomic E-state index is 0.0857. The van der Waals surface area contributed by atoms with Crippen LogP contribution >= 0.6 is 0 Å². The molecular weight excluding hydrogens is 289 g/mol. The van der Waals surface area contributed by atoms with Crippen LogP contribution in [0.15, 0.2) is 34.9 Å². The summed E-state index contributed by atoms with van der Waals surface area (Å²) in [5.74, 6) is -3.81. The molecule has 1 unspecified atom stereocenters. The van der Waals surface area contributed by atoms with Crippen molar-refractivity contribution in [2.24, 2.45) is 0 Å². The van der Waals surface area contributed by atoms with Gasteiger partial charge in [-0.25, -0.2) is 0 Å². The summed E-state index contributed by atoms with van der Waals surface area (Å²) in [6.07, 6.45) is -4.74. The molecule has 0 spiro atoms. The van der Waals surface area contributed by atoms with Gasteiger partial charge in [0.25, 0.3) is 5.82 Å². The maximum Gasteiger partial charge on any atom is 0.455 e. The molecule has 0 N–H and O–H groups in total. The average molecular weight is 300 g/mol. The molecule has 2 rings (SSSR count). The van der Waals surface area contributed by atoms with Crippen LogP contribution in [-0.4, -0.2) is 22.7 Å². The Balaban J connectivity index is 2.41. The van der Waals surface area contributed by atoms with Crippen LogP contribution in [0.2, 0.25) is 0 Å². The highest BCUT2D eigenvalue weighted by Gasteiger charge is 2.39. The summed E-state index contributed by atoms with van der Waals surface area (Å²) in [4.78, 5) is 15.2. The van der Waals surface area contributed by atoms with E-state index in [0.717, 1.165) is 0 Å². The van der Waals surface area contributed by atoms with Gasteiger partial charge in [-0.05, 0) is 12.5 Å². The van der Waals surface area contributed by atoms with E-state index < -0.39 is 29.8 Å². The largest absolute Gasteiger partial charge is 0.465 e. The first-order chi connectivity index (χ1) is 9.93. The van der Waals surface area contributed by atoms with Crippen LogP contribution in [-0.2, 0) is 15.7 Å². The lowest BCUT2D eigenvalue weighted by molar-refractivity contribution is -0.146. The van der Waals surface area contributed by atoms with Crippen molar-refractivity contribution in [3.8, 4) is 0 Å². The minimum Gasteiger partial charge on any atom is -0.465 e. The zero-order valence-corrected chi connectivity index (χ0v) is 10.9. The third-order valence-electron chi connectivity index (χ3n) is 2.60. The van der Waals surface area contributed by atoms with Crippen molar-refractivity contribution in [1.82, 2.24) is 10.1 Å². The number of ether oxygens (including phenoxy) is 1. The van der Waals surface area contributed by atoms with Gasteiger partial charge in [0, 0.05) is 0 Å². The number of hydrogen-bond donors (Lipinski definition) is 0. The molecule has 21 heavy (non-hydrogen) atoms. The van der Waals surface area contributed by atoms with Gasteiger partial charge >= 0.3 is 12.1 Å². The molecule has 5 nitrogen and oxygen atoms in total. The molecule has 0 bridgehead atoms. The minimum atomic E-state index is -4.74. The second-order valence-electron chi connectivity index (χ2n) is 4.05. The maximum atomic E-state index is 12.5. The SMILES string of the molecule is CCOC(=O)C(c1ccccc1)c1nc(C(F)(F)F)no1. The van der Waals surface area contributed by atoms with Crippen molar-refractivity contribution in [2.75, 3.05) is 6.61 Å². The number of carbonyl (C=O) groups excluding carboxylic acids is 1. The molecule has 0 aliphatic carbocycles. The highest BCUT2D eigenvalue weighted by Crippen LogP contribution is 2.30. The summed E-state index contributed by atoms with van der Waals surface area (Å²) in [7, 11) is 0. The Labute approximate surface area is 117 Å². The van der Waals surface area contributed by atoms with Crippen LogP contribution in [0.25, 0.3) is 0 Å². The van der Waals surface area contributed by atoms with Crippen molar-refractivity contribution in [3.63, 3.8) is 0 Å². The van der Waals surface area contributed by atoms with Crippen LogP contribution in [0.5, 0.6) is 0 Å². The third-order valence-corrected chi connectivity index (χ3v) is 2.60. The lowest BCUT2D eigenvalue weighted by Gasteiger charge is -2.11. The first-order valence-corrected chi connectivity index (χ1v) is 6.06. The van der Waals surface area contributed by atoms with E-state index in [0.29, 0.717) is 5.56 Å². The van der Waals surface area contributed by atoms with Gasteiger partial charge in [-0.1, -0.05) is 35.5 Å². The number of carbonyl (C=O) groups is 1. The number of aromatic nitrogens is 2. The van der Waals surface area contributed by atoms with Gasteiger partial charge in [0.1, 0.15) is 0 Å². The van der Waals surface area contributed by atoms with Gasteiger partial charge in [-0.3, -0.25) is 4.79 Å². The number of nitrogens with zero attached hydrogens (tertiary/aromatic N) is 2. The fourth-order valence-electron chi connectivity index (χ4n) is 1.72. The summed E-state index contributed by atoms with van der Waals surface area (Å²) in [5.41, 5.74) is 0.410. The van der Waals surface area contributed by atoms with Gasteiger partial charge in [-0.15, -0.1) is 0 Å². The molecular formula is C13H11F3N2O3. The highest BCUT2D eigenvalue weighted by atomic mass is 19.4. The van der Waals surface area contributed by atoms with Gasteiger partial charge in [0.15, 0.2) is 5.92 Å². The maximum absolute atomic E-state index is 12.5. The standard InChI is InChI=1S/C13H11F3N2O3/c1-2-20-11(19)9(8-6-4-3-5-7-8)10-17-12(18-21-10)13(14,15)16/h3-7,9H,2H2,1H3. The molecule has 0 amide bonds. The van der Waals surface area contributed by atoms with Crippen LogP contribution in [0.1, 0.15) is 30.1 Å². The third kappa shape index (κ3) is 3.39. The quantitative estimate of drug-likeness (QED) is 0.812. The van der Waals surface area contributed by atoms with Crippen molar-refractivity contribution < 1.29 is 27.2 Å². The predicted molar refractivity (Wildman–Crippen MR) is 64.2 cm³/mol. The van der Waals surface area contributed by atoms with Gasteiger partial charge in [0.05, 0.1) is 6.61 Å². The second-order valence-corrected chi connectivity index (χ2v) is 4.05. The molecule has 2 aromatic rings. The summed E-state index contributed by atoms with van der Waals surface area (Å²) in [6.45, 7) is 1.68. The van der Waals surface area contributed by atoms with Gasteiger partial charge in [-0.2, -0.15) is 18.2 Å².